The van der Waals surface area contributed by atoms with Crippen molar-refractivity contribution in [3.63, 3.8) is 0 Å². The van der Waals surface area contributed by atoms with Crippen molar-refractivity contribution < 1.29 is 27.9 Å². The molecule has 2 bridgehead atoms. The molecule has 190 valence electrons. The molecule has 0 radical (unpaired) electrons. The smallest absolute Gasteiger partial charge is 0.271 e. The zero-order chi connectivity index (χ0) is 25.6. The van der Waals surface area contributed by atoms with E-state index in [1.165, 1.54) is 12.0 Å². The summed E-state index contributed by atoms with van der Waals surface area (Å²) in [6.45, 7) is 0.492. The minimum atomic E-state index is -3.11. The third-order valence-corrected chi connectivity index (χ3v) is 7.67. The molecule has 6 rings (SSSR count). The van der Waals surface area contributed by atoms with Gasteiger partial charge in [0, 0.05) is 35.8 Å². The number of carbonyl (C=O) groups excluding carboxylic acids is 3. The first-order valence-electron chi connectivity index (χ1n) is 12.1. The number of nitrogens with one attached hydrogen (secondary N) is 3. The van der Waals surface area contributed by atoms with E-state index in [1.54, 1.807) is 24.3 Å². The van der Waals surface area contributed by atoms with Gasteiger partial charge < -0.3 is 25.3 Å². The van der Waals surface area contributed by atoms with Gasteiger partial charge in [0.1, 0.15) is 23.5 Å². The Balaban J connectivity index is 1.43. The van der Waals surface area contributed by atoms with Crippen LogP contribution in [0.15, 0.2) is 24.3 Å². The minimum absolute atomic E-state index is 0.0844. The molecule has 4 heterocycles. The van der Waals surface area contributed by atoms with E-state index < -0.39 is 54.1 Å². The number of rotatable bonds is 6. The van der Waals surface area contributed by atoms with Crippen LogP contribution in [0.2, 0.25) is 0 Å². The van der Waals surface area contributed by atoms with Crippen molar-refractivity contribution in [2.45, 2.75) is 56.2 Å². The summed E-state index contributed by atoms with van der Waals surface area (Å²) in [5.41, 5.74) is 0.813. The number of nitriles is 1. The molecule has 9 nitrogen and oxygen atoms in total. The van der Waals surface area contributed by atoms with E-state index in [0.29, 0.717) is 36.0 Å². The highest BCUT2D eigenvalue weighted by atomic mass is 19.3. The first kappa shape index (κ1) is 24.0. The zero-order valence-electron chi connectivity index (χ0n) is 19.7. The lowest BCUT2D eigenvalue weighted by atomic mass is 9.71. The molecule has 11 heteroatoms. The Bertz CT molecular complexity index is 1250. The molecule has 1 aliphatic carbocycles. The molecule has 36 heavy (non-hydrogen) atoms. The number of halogens is 2. The van der Waals surface area contributed by atoms with E-state index >= 15 is 0 Å². The second-order valence-electron chi connectivity index (χ2n) is 9.77. The average Bonchev–Trinajstić information content (AvgIpc) is 3.48. The Kier molecular flexibility index (Phi) is 6.06. The summed E-state index contributed by atoms with van der Waals surface area (Å²) < 4.78 is 35.3. The van der Waals surface area contributed by atoms with Gasteiger partial charge in [-0.25, -0.2) is 8.78 Å². The van der Waals surface area contributed by atoms with Crippen LogP contribution in [-0.2, 0) is 9.59 Å². The number of hydrogen-bond acceptors (Lipinski definition) is 5. The van der Waals surface area contributed by atoms with Crippen LogP contribution in [0, 0.1) is 23.2 Å². The van der Waals surface area contributed by atoms with Gasteiger partial charge in [-0.1, -0.05) is 6.07 Å². The van der Waals surface area contributed by atoms with Crippen molar-refractivity contribution >= 4 is 28.6 Å². The number of amides is 3. The van der Waals surface area contributed by atoms with Gasteiger partial charge in [-0.15, -0.1) is 0 Å². The van der Waals surface area contributed by atoms with Gasteiger partial charge >= 0.3 is 0 Å². The van der Waals surface area contributed by atoms with Crippen molar-refractivity contribution in [2.24, 2.45) is 11.8 Å². The maximum atomic E-state index is 15.0. The van der Waals surface area contributed by atoms with Gasteiger partial charge in [0.25, 0.3) is 11.8 Å². The predicted molar refractivity (Wildman–Crippen MR) is 124 cm³/mol. The van der Waals surface area contributed by atoms with E-state index in [-0.39, 0.29) is 24.4 Å². The molecular formula is C25H27F2N5O4. The number of piperidine rings is 2. The predicted octanol–water partition coefficient (Wildman–Crippen LogP) is 2.34. The van der Waals surface area contributed by atoms with Crippen molar-refractivity contribution in [3.05, 3.63) is 30.0 Å². The van der Waals surface area contributed by atoms with E-state index in [0.717, 1.165) is 0 Å². The van der Waals surface area contributed by atoms with Gasteiger partial charge in [-0.05, 0) is 43.9 Å². The lowest BCUT2D eigenvalue weighted by molar-refractivity contribution is -0.179. The molecule has 4 aliphatic rings. The summed E-state index contributed by atoms with van der Waals surface area (Å²) in [5, 5.41) is 15.5. The van der Waals surface area contributed by atoms with Gasteiger partial charge in [-0.2, -0.15) is 5.26 Å². The van der Waals surface area contributed by atoms with Crippen LogP contribution in [-0.4, -0.2) is 65.3 Å². The van der Waals surface area contributed by atoms with Gasteiger partial charge in [0.15, 0.2) is 0 Å². The number of aromatic amines is 1. The minimum Gasteiger partial charge on any atom is -0.496 e. The molecule has 2 aromatic rings. The number of aromatic nitrogens is 1. The quantitative estimate of drug-likeness (QED) is 0.562. The van der Waals surface area contributed by atoms with Crippen LogP contribution in [0.25, 0.3) is 10.9 Å². The van der Waals surface area contributed by atoms with E-state index in [1.807, 2.05) is 6.07 Å². The summed E-state index contributed by atoms with van der Waals surface area (Å²) >= 11 is 0. The summed E-state index contributed by atoms with van der Waals surface area (Å²) in [5.74, 6) is -5.90. The second kappa shape index (κ2) is 9.08. The highest BCUT2D eigenvalue weighted by Crippen LogP contribution is 2.49. The summed E-state index contributed by atoms with van der Waals surface area (Å²) in [6.07, 6.45) is 0.570. The number of fused-ring (bicyclic) bond motifs is 4. The third kappa shape index (κ3) is 4.04. The van der Waals surface area contributed by atoms with Crippen LogP contribution in [0.3, 0.4) is 0 Å². The molecule has 1 aromatic carbocycles. The third-order valence-electron chi connectivity index (χ3n) is 7.67. The SMILES string of the molecule is COc1cccc2[nH]c(C(=O)N3[C@H]4CC[C@@H]([C@H]3C(=O)N[C@H](C#N)C[C@@H]3CCNC3=O)C(F)(F)C4)cc12. The Morgan fingerprint density at radius 2 is 2.14 bits per heavy atom. The monoisotopic (exact) mass is 499 g/mol. The number of hydrogen-bond donors (Lipinski definition) is 3. The number of methoxy groups -OCH3 is 1. The molecule has 5 atom stereocenters. The fourth-order valence-electron chi connectivity index (χ4n) is 5.91. The average molecular weight is 500 g/mol. The largest absolute Gasteiger partial charge is 0.496 e. The Labute approximate surface area is 206 Å². The van der Waals surface area contributed by atoms with Crippen molar-refractivity contribution in [2.75, 3.05) is 13.7 Å². The van der Waals surface area contributed by atoms with E-state index in [2.05, 4.69) is 15.6 Å². The van der Waals surface area contributed by atoms with Crippen molar-refractivity contribution in [1.29, 1.82) is 5.26 Å². The molecular weight excluding hydrogens is 472 g/mol. The van der Waals surface area contributed by atoms with Crippen LogP contribution in [0.4, 0.5) is 8.78 Å². The van der Waals surface area contributed by atoms with Gasteiger partial charge in [-0.3, -0.25) is 14.4 Å². The molecule has 1 aromatic heterocycles. The molecule has 1 saturated carbocycles. The van der Waals surface area contributed by atoms with Crippen molar-refractivity contribution in [3.8, 4) is 11.8 Å². The number of ether oxygens (including phenoxy) is 1. The van der Waals surface area contributed by atoms with Crippen molar-refractivity contribution in [1.82, 2.24) is 20.5 Å². The van der Waals surface area contributed by atoms with E-state index in [4.69, 9.17) is 4.74 Å². The second-order valence-corrected chi connectivity index (χ2v) is 9.77. The normalized spacial score (nSPS) is 27.4. The number of carbonyl (C=O) groups is 3. The molecule has 3 saturated heterocycles. The lowest BCUT2D eigenvalue weighted by Gasteiger charge is -2.53. The Morgan fingerprint density at radius 3 is 2.81 bits per heavy atom. The lowest BCUT2D eigenvalue weighted by Crippen LogP contribution is -2.68. The van der Waals surface area contributed by atoms with Gasteiger partial charge in [0.05, 0.1) is 19.1 Å². The van der Waals surface area contributed by atoms with Crippen LogP contribution in [0.1, 0.15) is 42.6 Å². The fraction of sp³-hybridized carbons (Fsp3) is 0.520. The molecule has 3 aliphatic heterocycles. The number of H-pyrrole nitrogens is 1. The number of alkyl halides is 2. The highest BCUT2D eigenvalue weighted by Gasteiger charge is 2.60. The van der Waals surface area contributed by atoms with Gasteiger partial charge in [0.2, 0.25) is 11.8 Å². The van der Waals surface area contributed by atoms with Crippen LogP contribution in [0.5, 0.6) is 5.75 Å². The fourth-order valence-corrected chi connectivity index (χ4v) is 5.91. The number of nitrogens with zero attached hydrogens (tertiary/aromatic N) is 2. The molecule has 3 amide bonds. The maximum Gasteiger partial charge on any atom is 0.271 e. The maximum absolute atomic E-state index is 15.0. The summed E-state index contributed by atoms with van der Waals surface area (Å²) in [6, 6.07) is 5.57. The Hall–Kier alpha value is -3.68. The highest BCUT2D eigenvalue weighted by molar-refractivity contribution is 6.02. The first-order chi connectivity index (χ1) is 17.2. The van der Waals surface area contributed by atoms with E-state index in [9.17, 15) is 28.4 Å². The summed E-state index contributed by atoms with van der Waals surface area (Å²) in [4.78, 5) is 43.3. The zero-order valence-corrected chi connectivity index (χ0v) is 19.7. The Morgan fingerprint density at radius 1 is 1.33 bits per heavy atom. The molecule has 0 spiro atoms. The topological polar surface area (TPSA) is 127 Å². The first-order valence-corrected chi connectivity index (χ1v) is 12.1. The molecule has 3 N–H and O–H groups in total. The standard InChI is InChI=1S/C25H27F2N5O4/c1-36-20-4-2-3-18-16(20)10-19(31-18)24(35)32-15-5-6-17(25(26,27)11-15)21(32)23(34)30-14(12-28)9-13-7-8-29-22(13)33/h2-4,10,13-15,17,21,31H,5-9,11H2,1H3,(H,29,33)(H,30,34)/t13-,14-,15-,17-,21-/m0/s1. The van der Waals surface area contributed by atoms with Crippen LogP contribution >= 0.6 is 0 Å². The molecule has 4 fully saturated rings. The summed E-state index contributed by atoms with van der Waals surface area (Å²) in [7, 11) is 1.51. The number of benzene rings is 1. The molecule has 0 unspecified atom stereocenters. The van der Waals surface area contributed by atoms with Crippen LogP contribution < -0.4 is 15.4 Å².